The average molecular weight is 723 g/mol. The van der Waals surface area contributed by atoms with Gasteiger partial charge in [0.05, 0.1) is 30.8 Å². The minimum absolute atomic E-state index is 0.0531. The second-order valence-corrected chi connectivity index (χ2v) is 15.7. The smallest absolute Gasteiger partial charge is 0.308 e. The summed E-state index contributed by atoms with van der Waals surface area (Å²) in [4.78, 5) is 46.0. The number of ether oxygens (including phenoxy) is 3. The van der Waals surface area contributed by atoms with Gasteiger partial charge in [-0.15, -0.1) is 0 Å². The van der Waals surface area contributed by atoms with Crippen LogP contribution in [-0.4, -0.2) is 139 Å². The molecule has 1 fully saturated rings. The number of likely N-dealkylation sites (N-methyl/N-ethyl adjacent to an activating group) is 1. The number of carbonyl (C=O) groups is 3. The maximum Gasteiger partial charge on any atom is 0.308 e. The third kappa shape index (κ3) is 14.3. The lowest BCUT2D eigenvalue weighted by molar-refractivity contribution is -0.283. The van der Waals surface area contributed by atoms with Gasteiger partial charge in [0, 0.05) is 36.9 Å². The number of rotatable bonds is 12. The first kappa shape index (κ1) is 45.0. The van der Waals surface area contributed by atoms with Gasteiger partial charge in [-0.25, -0.2) is 0 Å². The Morgan fingerprint density at radius 1 is 1.04 bits per heavy atom. The molecule has 294 valence electrons. The van der Waals surface area contributed by atoms with Crippen molar-refractivity contribution < 1.29 is 38.8 Å². The fraction of sp³-hybridized carbons (Fsp3) is 0.821. The maximum atomic E-state index is 13.6. The molecule has 1 amide bonds. The van der Waals surface area contributed by atoms with Gasteiger partial charge in [-0.3, -0.25) is 14.4 Å². The number of carbonyl (C=O) groups excluding carboxylic acids is 3. The van der Waals surface area contributed by atoms with E-state index in [4.69, 9.17) is 19.9 Å². The summed E-state index contributed by atoms with van der Waals surface area (Å²) in [7, 11) is 7.77. The third-order valence-corrected chi connectivity index (χ3v) is 10.5. The molecule has 51 heavy (non-hydrogen) atoms. The quantitative estimate of drug-likeness (QED) is 0.254. The number of cyclic esters (lactones) is 1. The van der Waals surface area contributed by atoms with E-state index >= 15 is 0 Å². The van der Waals surface area contributed by atoms with Crippen molar-refractivity contribution in [3.8, 4) is 0 Å². The molecular weight excluding hydrogens is 652 g/mol. The highest BCUT2D eigenvalue weighted by atomic mass is 16.7. The van der Waals surface area contributed by atoms with Crippen LogP contribution in [0.5, 0.6) is 0 Å². The molecule has 2 aliphatic rings. The van der Waals surface area contributed by atoms with Crippen molar-refractivity contribution in [1.29, 1.82) is 0 Å². The molecule has 8 unspecified atom stereocenters. The number of aliphatic hydroxyl groups excluding tert-OH is 2. The molecule has 0 aromatic heterocycles. The van der Waals surface area contributed by atoms with Gasteiger partial charge in [0.15, 0.2) is 12.1 Å². The standard InChI is InChI=1S/C39H70N4O8/c1-12-34-26(4)20-24(2)14-15-32(44)25(3)21-30(16-19-43(38(48)29(7)40)18-13-17-41(8)9)37(28(6)33(45)23-35(46)50-34)51-39-36(47)31(42(10)11)22-27(5)49-39/h14-15,20,25-31,33-34,36-37,39,45,47H,12-13,16-19,21-23,40H2,1-11H3/b15-14+,24-20+/t25?,26?,27?,28-,29?,30?,31?,33+,34+,36+,37?,39?/m0/s1. The topological polar surface area (TPSA) is 155 Å². The van der Waals surface area contributed by atoms with Crippen LogP contribution in [0.25, 0.3) is 0 Å². The van der Waals surface area contributed by atoms with Crippen molar-refractivity contribution in [2.75, 3.05) is 47.8 Å². The van der Waals surface area contributed by atoms with E-state index in [9.17, 15) is 24.6 Å². The van der Waals surface area contributed by atoms with E-state index in [1.807, 2.05) is 80.7 Å². The first-order valence-corrected chi connectivity index (χ1v) is 19.0. The van der Waals surface area contributed by atoms with Gasteiger partial charge in [-0.2, -0.15) is 0 Å². The normalized spacial score (nSPS) is 35.6. The summed E-state index contributed by atoms with van der Waals surface area (Å²) in [5, 5.41) is 23.1. The van der Waals surface area contributed by atoms with E-state index in [0.717, 1.165) is 18.5 Å². The van der Waals surface area contributed by atoms with E-state index < -0.39 is 54.6 Å². The largest absolute Gasteiger partial charge is 0.462 e. The zero-order valence-electron chi connectivity index (χ0n) is 33.3. The molecule has 0 saturated carbocycles. The lowest BCUT2D eigenvalue weighted by Gasteiger charge is -2.44. The first-order valence-electron chi connectivity index (χ1n) is 19.0. The Balaban J connectivity index is 2.63. The number of ketones is 1. The molecule has 0 aliphatic carbocycles. The molecule has 12 nitrogen and oxygen atoms in total. The zero-order valence-corrected chi connectivity index (χ0v) is 33.3. The minimum Gasteiger partial charge on any atom is -0.462 e. The van der Waals surface area contributed by atoms with Gasteiger partial charge in [0.25, 0.3) is 0 Å². The van der Waals surface area contributed by atoms with Gasteiger partial charge in [-0.1, -0.05) is 45.4 Å². The molecular formula is C39H70N4O8. The summed E-state index contributed by atoms with van der Waals surface area (Å²) in [5.41, 5.74) is 6.97. The van der Waals surface area contributed by atoms with Crippen LogP contribution in [0.2, 0.25) is 0 Å². The highest BCUT2D eigenvalue weighted by Gasteiger charge is 2.43. The molecule has 4 N–H and O–H groups in total. The second kappa shape index (κ2) is 21.5. The highest BCUT2D eigenvalue weighted by Crippen LogP contribution is 2.34. The number of nitrogens with zero attached hydrogens (tertiary/aromatic N) is 3. The van der Waals surface area contributed by atoms with Crippen LogP contribution in [0.15, 0.2) is 23.8 Å². The number of esters is 1. The number of hydrogen-bond acceptors (Lipinski definition) is 11. The molecule has 1 saturated heterocycles. The Morgan fingerprint density at radius 3 is 2.29 bits per heavy atom. The minimum atomic E-state index is -1.15. The van der Waals surface area contributed by atoms with Gasteiger partial charge < -0.3 is 44.9 Å². The summed E-state index contributed by atoms with van der Waals surface area (Å²) in [5.74, 6) is -2.27. The zero-order chi connectivity index (χ0) is 38.6. The van der Waals surface area contributed by atoms with E-state index in [1.54, 1.807) is 24.0 Å². The van der Waals surface area contributed by atoms with E-state index in [1.165, 1.54) is 0 Å². The van der Waals surface area contributed by atoms with Crippen molar-refractivity contribution in [3.05, 3.63) is 23.8 Å². The third-order valence-electron chi connectivity index (χ3n) is 10.5. The predicted molar refractivity (Wildman–Crippen MR) is 200 cm³/mol. The molecule has 2 aliphatic heterocycles. The predicted octanol–water partition coefficient (Wildman–Crippen LogP) is 3.39. The first-order chi connectivity index (χ1) is 23.9. The molecule has 12 heteroatoms. The maximum absolute atomic E-state index is 13.6. The summed E-state index contributed by atoms with van der Waals surface area (Å²) in [6, 6.07) is -0.920. The van der Waals surface area contributed by atoms with Crippen LogP contribution in [0.4, 0.5) is 0 Å². The van der Waals surface area contributed by atoms with Crippen molar-refractivity contribution in [3.63, 3.8) is 0 Å². The second-order valence-electron chi connectivity index (χ2n) is 15.7. The van der Waals surface area contributed by atoms with E-state index in [0.29, 0.717) is 38.8 Å². The lowest BCUT2D eigenvalue weighted by atomic mass is 9.79. The molecule has 0 radical (unpaired) electrons. The number of aliphatic hydroxyl groups is 2. The molecule has 0 aromatic carbocycles. The Morgan fingerprint density at radius 2 is 1.71 bits per heavy atom. The fourth-order valence-corrected chi connectivity index (χ4v) is 7.29. The average Bonchev–Trinajstić information content (AvgIpc) is 3.05. The Kier molecular flexibility index (Phi) is 19.0. The summed E-state index contributed by atoms with van der Waals surface area (Å²) in [6.45, 7) is 14.8. The van der Waals surface area contributed by atoms with Crippen molar-refractivity contribution in [2.24, 2.45) is 29.4 Å². The lowest BCUT2D eigenvalue weighted by Crippen LogP contribution is -2.56. The summed E-state index contributed by atoms with van der Waals surface area (Å²) < 4.78 is 18.8. The van der Waals surface area contributed by atoms with Crippen molar-refractivity contribution >= 4 is 17.7 Å². The van der Waals surface area contributed by atoms with E-state index in [2.05, 4.69) is 4.90 Å². The fourth-order valence-electron chi connectivity index (χ4n) is 7.29. The number of allylic oxidation sites excluding steroid dienone is 3. The molecule has 12 atom stereocenters. The van der Waals surface area contributed by atoms with Crippen molar-refractivity contribution in [1.82, 2.24) is 14.7 Å². The molecule has 0 aromatic rings. The van der Waals surface area contributed by atoms with Gasteiger partial charge in [0.1, 0.15) is 12.2 Å². The van der Waals surface area contributed by atoms with Gasteiger partial charge >= 0.3 is 5.97 Å². The number of amides is 1. The summed E-state index contributed by atoms with van der Waals surface area (Å²) >= 11 is 0. The SMILES string of the molecule is CC[C@H]1OC(=O)C[C@@H](O)[C@H](C)C(OC2OC(C)CC(N(C)C)[C@H]2O)C(CCN(CCCN(C)C)C(=O)C(C)N)CC(C)C(=O)/C=C/C(C)=C/C1C. The molecule has 2 rings (SSSR count). The molecule has 0 bridgehead atoms. The van der Waals surface area contributed by atoms with Crippen molar-refractivity contribution in [2.45, 2.75) is 136 Å². The van der Waals surface area contributed by atoms with E-state index in [-0.39, 0.29) is 42.1 Å². The van der Waals surface area contributed by atoms with Crippen LogP contribution in [0.1, 0.15) is 87.0 Å². The monoisotopic (exact) mass is 723 g/mol. The van der Waals surface area contributed by atoms with Crippen LogP contribution < -0.4 is 5.73 Å². The van der Waals surface area contributed by atoms with Gasteiger partial charge in [0.2, 0.25) is 5.91 Å². The Hall–Kier alpha value is -2.19. The highest BCUT2D eigenvalue weighted by molar-refractivity contribution is 5.91. The van der Waals surface area contributed by atoms with Crippen LogP contribution in [-0.2, 0) is 28.6 Å². The van der Waals surface area contributed by atoms with Crippen LogP contribution >= 0.6 is 0 Å². The molecule has 0 spiro atoms. The Labute approximate surface area is 307 Å². The summed E-state index contributed by atoms with van der Waals surface area (Å²) in [6.07, 6.45) is 3.35. The Bertz CT molecular complexity index is 1160. The van der Waals surface area contributed by atoms with Crippen LogP contribution in [0, 0.1) is 23.7 Å². The van der Waals surface area contributed by atoms with Crippen LogP contribution in [0.3, 0.4) is 0 Å². The number of nitrogens with two attached hydrogens (primary N) is 1. The van der Waals surface area contributed by atoms with Gasteiger partial charge in [-0.05, 0) is 99.6 Å². The molecule has 2 heterocycles. The number of hydrogen-bond donors (Lipinski definition) is 3.